The molecule has 0 saturated heterocycles. The second-order valence-electron chi connectivity index (χ2n) is 4.16. The van der Waals surface area contributed by atoms with Gasteiger partial charge in [-0.3, -0.25) is 4.79 Å². The lowest BCUT2D eigenvalue weighted by Crippen LogP contribution is -2.36. The molecule has 1 amide bonds. The Labute approximate surface area is 117 Å². The molecule has 0 aliphatic rings. The van der Waals surface area contributed by atoms with Gasteiger partial charge in [0, 0.05) is 6.07 Å². The Balaban J connectivity index is 1.98. The third-order valence-electron chi connectivity index (χ3n) is 2.66. The number of rotatable bonds is 5. The van der Waals surface area contributed by atoms with Crippen LogP contribution >= 0.6 is 0 Å². The first-order valence-electron chi connectivity index (χ1n) is 6.28. The number of carbonyl (C=O) groups excluding carboxylic acids is 1. The van der Waals surface area contributed by atoms with Gasteiger partial charge in [0.05, 0.1) is 6.21 Å². The van der Waals surface area contributed by atoms with Crippen molar-refractivity contribution in [2.45, 2.75) is 6.54 Å². The van der Waals surface area contributed by atoms with Gasteiger partial charge in [-0.15, -0.1) is 0 Å². The van der Waals surface area contributed by atoms with Crippen LogP contribution in [0.1, 0.15) is 15.9 Å². The van der Waals surface area contributed by atoms with E-state index in [4.69, 9.17) is 5.11 Å². The number of aromatic nitrogens is 1. The van der Waals surface area contributed by atoms with Crippen molar-refractivity contribution in [2.24, 2.45) is 5.10 Å². The molecule has 0 fully saturated rings. The van der Waals surface area contributed by atoms with Crippen molar-refractivity contribution < 1.29 is 14.5 Å². The van der Waals surface area contributed by atoms with Gasteiger partial charge >= 0.3 is 0 Å². The van der Waals surface area contributed by atoms with E-state index in [0.29, 0.717) is 12.1 Å². The zero-order valence-electron chi connectivity index (χ0n) is 10.9. The summed E-state index contributed by atoms with van der Waals surface area (Å²) in [5, 5.41) is 12.8. The topological polar surface area (TPSA) is 65.6 Å². The molecule has 0 radical (unpaired) electrons. The predicted molar refractivity (Wildman–Crippen MR) is 75.2 cm³/mol. The lowest BCUT2D eigenvalue weighted by Gasteiger charge is -1.99. The number of amides is 1. The summed E-state index contributed by atoms with van der Waals surface area (Å²) < 4.78 is 1.75. The number of hydrazone groups is 1. The van der Waals surface area contributed by atoms with Crippen molar-refractivity contribution in [1.29, 1.82) is 0 Å². The molecule has 0 unspecified atom stereocenters. The highest BCUT2D eigenvalue weighted by Crippen LogP contribution is 1.96. The molecule has 0 bridgehead atoms. The first-order valence-corrected chi connectivity index (χ1v) is 6.28. The summed E-state index contributed by atoms with van der Waals surface area (Å²) in [5.41, 5.74) is 3.88. The highest BCUT2D eigenvalue weighted by molar-refractivity contribution is 5.94. The molecule has 2 N–H and O–H groups in total. The molecule has 2 rings (SSSR count). The lowest BCUT2D eigenvalue weighted by molar-refractivity contribution is -0.698. The van der Waals surface area contributed by atoms with Crippen LogP contribution in [0.3, 0.4) is 0 Å². The van der Waals surface area contributed by atoms with Gasteiger partial charge in [-0.1, -0.05) is 30.3 Å². The molecular formula is C15H16N3O2+. The largest absolute Gasteiger partial charge is 0.390 e. The van der Waals surface area contributed by atoms with Crippen molar-refractivity contribution in [1.82, 2.24) is 5.43 Å². The SMILES string of the molecule is O=C(NN=Cc1ccccc1)c1ccc[n+](CCO)c1. The summed E-state index contributed by atoms with van der Waals surface area (Å²) in [4.78, 5) is 11.9. The first-order chi connectivity index (χ1) is 9.79. The maximum Gasteiger partial charge on any atom is 0.277 e. The molecule has 20 heavy (non-hydrogen) atoms. The maximum atomic E-state index is 11.9. The Hall–Kier alpha value is -2.53. The van der Waals surface area contributed by atoms with E-state index in [-0.39, 0.29) is 12.5 Å². The molecule has 5 nitrogen and oxygen atoms in total. The fraction of sp³-hybridized carbons (Fsp3) is 0.133. The van der Waals surface area contributed by atoms with E-state index in [0.717, 1.165) is 5.56 Å². The van der Waals surface area contributed by atoms with Crippen LogP contribution in [0, 0.1) is 0 Å². The number of aliphatic hydroxyl groups is 1. The number of aliphatic hydroxyl groups excluding tert-OH is 1. The lowest BCUT2D eigenvalue weighted by atomic mass is 10.2. The Morgan fingerprint density at radius 3 is 2.80 bits per heavy atom. The van der Waals surface area contributed by atoms with Crippen LogP contribution in [0.5, 0.6) is 0 Å². The molecule has 0 aliphatic carbocycles. The molecule has 1 aromatic carbocycles. The fourth-order valence-electron chi connectivity index (χ4n) is 1.68. The number of nitrogens with one attached hydrogen (secondary N) is 1. The number of hydrogen-bond acceptors (Lipinski definition) is 3. The van der Waals surface area contributed by atoms with Crippen molar-refractivity contribution >= 4 is 12.1 Å². The Kier molecular flexibility index (Phi) is 4.97. The van der Waals surface area contributed by atoms with E-state index >= 15 is 0 Å². The van der Waals surface area contributed by atoms with Gasteiger partial charge in [-0.25, -0.2) is 9.99 Å². The van der Waals surface area contributed by atoms with Crippen molar-refractivity contribution in [3.63, 3.8) is 0 Å². The van der Waals surface area contributed by atoms with E-state index in [1.165, 1.54) is 0 Å². The first kappa shape index (κ1) is 13.9. The number of carbonyl (C=O) groups is 1. The van der Waals surface area contributed by atoms with Gasteiger partial charge in [0.1, 0.15) is 12.2 Å². The Bertz CT molecular complexity index is 597. The summed E-state index contributed by atoms with van der Waals surface area (Å²) in [6.45, 7) is 0.482. The fourth-order valence-corrected chi connectivity index (χ4v) is 1.68. The van der Waals surface area contributed by atoms with E-state index < -0.39 is 0 Å². The zero-order chi connectivity index (χ0) is 14.2. The molecule has 0 aliphatic heterocycles. The summed E-state index contributed by atoms with van der Waals surface area (Å²) in [6, 6.07) is 13.0. The van der Waals surface area contributed by atoms with E-state index in [2.05, 4.69) is 10.5 Å². The van der Waals surface area contributed by atoms with Gasteiger partial charge in [0.15, 0.2) is 18.9 Å². The number of pyridine rings is 1. The monoisotopic (exact) mass is 270 g/mol. The minimum absolute atomic E-state index is 0.0297. The Morgan fingerprint density at radius 2 is 2.05 bits per heavy atom. The summed E-state index contributed by atoms with van der Waals surface area (Å²) in [7, 11) is 0. The van der Waals surface area contributed by atoms with E-state index in [1.807, 2.05) is 30.3 Å². The summed E-state index contributed by atoms with van der Waals surface area (Å²) >= 11 is 0. The molecule has 1 heterocycles. The third kappa shape index (κ3) is 4.00. The van der Waals surface area contributed by atoms with Gasteiger partial charge in [-0.05, 0) is 11.6 Å². The minimum atomic E-state index is -0.288. The van der Waals surface area contributed by atoms with Crippen LogP contribution in [0.4, 0.5) is 0 Å². The van der Waals surface area contributed by atoms with Crippen LogP contribution in [-0.4, -0.2) is 23.8 Å². The average molecular weight is 270 g/mol. The molecule has 0 atom stereocenters. The van der Waals surface area contributed by atoms with Gasteiger partial charge in [0.25, 0.3) is 5.91 Å². The predicted octanol–water partition coefficient (Wildman–Crippen LogP) is 0.730. The van der Waals surface area contributed by atoms with Gasteiger partial charge in [-0.2, -0.15) is 5.10 Å². The Morgan fingerprint density at radius 1 is 1.25 bits per heavy atom. The smallest absolute Gasteiger partial charge is 0.277 e. The zero-order valence-corrected chi connectivity index (χ0v) is 10.9. The van der Waals surface area contributed by atoms with Crippen LogP contribution in [0.25, 0.3) is 0 Å². The normalized spacial score (nSPS) is 10.7. The number of nitrogens with zero attached hydrogens (tertiary/aromatic N) is 2. The second-order valence-corrected chi connectivity index (χ2v) is 4.16. The number of benzene rings is 1. The van der Waals surface area contributed by atoms with Gasteiger partial charge in [0.2, 0.25) is 0 Å². The van der Waals surface area contributed by atoms with Crippen LogP contribution in [0.2, 0.25) is 0 Å². The molecular weight excluding hydrogens is 254 g/mol. The molecule has 102 valence electrons. The summed E-state index contributed by atoms with van der Waals surface area (Å²) in [5.74, 6) is -0.288. The standard InChI is InChI=1S/C15H15N3O2/c19-10-9-18-8-4-7-14(12-18)15(20)17-16-11-13-5-2-1-3-6-13/h1-8,11-12,19H,9-10H2/p+1. The quantitative estimate of drug-likeness (QED) is 0.478. The molecule has 5 heteroatoms. The maximum absolute atomic E-state index is 11.9. The van der Waals surface area contributed by atoms with E-state index in [9.17, 15) is 4.79 Å². The average Bonchev–Trinajstić information content (AvgIpc) is 2.49. The van der Waals surface area contributed by atoms with Crippen LogP contribution < -0.4 is 9.99 Å². The second kappa shape index (κ2) is 7.16. The minimum Gasteiger partial charge on any atom is -0.390 e. The highest BCUT2D eigenvalue weighted by Gasteiger charge is 2.09. The molecule has 0 spiro atoms. The molecule has 2 aromatic rings. The van der Waals surface area contributed by atoms with Crippen molar-refractivity contribution in [2.75, 3.05) is 6.61 Å². The highest BCUT2D eigenvalue weighted by atomic mass is 16.3. The summed E-state index contributed by atoms with van der Waals surface area (Å²) in [6.07, 6.45) is 5.05. The van der Waals surface area contributed by atoms with Crippen LogP contribution in [0.15, 0.2) is 60.0 Å². The van der Waals surface area contributed by atoms with Crippen molar-refractivity contribution in [3.05, 3.63) is 66.0 Å². The van der Waals surface area contributed by atoms with E-state index in [1.54, 1.807) is 35.3 Å². The third-order valence-corrected chi connectivity index (χ3v) is 2.66. The van der Waals surface area contributed by atoms with Gasteiger partial charge < -0.3 is 5.11 Å². The molecule has 0 saturated carbocycles. The van der Waals surface area contributed by atoms with Crippen LogP contribution in [-0.2, 0) is 6.54 Å². The number of hydrogen-bond donors (Lipinski definition) is 2. The molecule has 1 aromatic heterocycles. The van der Waals surface area contributed by atoms with Crippen molar-refractivity contribution in [3.8, 4) is 0 Å².